The Balaban J connectivity index is 1.75. The van der Waals surface area contributed by atoms with Gasteiger partial charge >= 0.3 is 5.97 Å². The number of hydrogen-bond donors (Lipinski definition) is 3. The summed E-state index contributed by atoms with van der Waals surface area (Å²) < 4.78 is 0. The van der Waals surface area contributed by atoms with Crippen LogP contribution in [0.4, 0.5) is 5.69 Å². The van der Waals surface area contributed by atoms with Crippen LogP contribution in [0.2, 0.25) is 0 Å². The molecule has 0 aromatic heterocycles. The van der Waals surface area contributed by atoms with E-state index in [9.17, 15) is 9.59 Å². The van der Waals surface area contributed by atoms with Crippen LogP contribution >= 0.6 is 0 Å². The summed E-state index contributed by atoms with van der Waals surface area (Å²) in [7, 11) is 0. The number of para-hydroxylation sites is 1. The first-order valence-electron chi connectivity index (χ1n) is 6.96. The minimum absolute atomic E-state index is 0.0186. The van der Waals surface area contributed by atoms with Crippen molar-refractivity contribution in [3.8, 4) is 0 Å². The van der Waals surface area contributed by atoms with Crippen LogP contribution in [-0.4, -0.2) is 29.6 Å². The zero-order chi connectivity index (χ0) is 14.4. The topological polar surface area (TPSA) is 78.4 Å². The van der Waals surface area contributed by atoms with Gasteiger partial charge in [0.1, 0.15) is 0 Å². The van der Waals surface area contributed by atoms with Crippen molar-refractivity contribution in [3.05, 3.63) is 30.3 Å². The minimum Gasteiger partial charge on any atom is -0.481 e. The Morgan fingerprint density at radius 1 is 1.20 bits per heavy atom. The van der Waals surface area contributed by atoms with Crippen molar-refractivity contribution in [3.63, 3.8) is 0 Å². The van der Waals surface area contributed by atoms with Crippen molar-refractivity contribution in [2.24, 2.45) is 5.92 Å². The highest BCUT2D eigenvalue weighted by atomic mass is 16.4. The highest BCUT2D eigenvalue weighted by Crippen LogP contribution is 2.24. The van der Waals surface area contributed by atoms with Crippen LogP contribution in [-0.2, 0) is 9.59 Å². The molecule has 1 aliphatic carbocycles. The molecule has 0 radical (unpaired) electrons. The van der Waals surface area contributed by atoms with Crippen LogP contribution in [0.5, 0.6) is 0 Å². The van der Waals surface area contributed by atoms with Crippen LogP contribution in [0.3, 0.4) is 0 Å². The fraction of sp³-hybridized carbons (Fsp3) is 0.467. The Morgan fingerprint density at radius 3 is 2.65 bits per heavy atom. The maximum absolute atomic E-state index is 11.8. The van der Waals surface area contributed by atoms with Crippen LogP contribution < -0.4 is 10.6 Å². The molecule has 0 saturated heterocycles. The highest BCUT2D eigenvalue weighted by molar-refractivity contribution is 5.81. The molecule has 1 aromatic rings. The van der Waals surface area contributed by atoms with Crippen molar-refractivity contribution in [2.75, 3.05) is 11.9 Å². The summed E-state index contributed by atoms with van der Waals surface area (Å²) in [6.07, 6.45) is 2.96. The lowest BCUT2D eigenvalue weighted by atomic mass is 9.86. The van der Waals surface area contributed by atoms with E-state index >= 15 is 0 Å². The van der Waals surface area contributed by atoms with E-state index in [1.807, 2.05) is 30.3 Å². The lowest BCUT2D eigenvalue weighted by Gasteiger charge is -2.27. The second kappa shape index (κ2) is 6.93. The van der Waals surface area contributed by atoms with Gasteiger partial charge in [-0.25, -0.2) is 0 Å². The number of carbonyl (C=O) groups excluding carboxylic acids is 1. The molecule has 1 amide bonds. The molecule has 0 aliphatic heterocycles. The molecule has 20 heavy (non-hydrogen) atoms. The molecule has 0 heterocycles. The van der Waals surface area contributed by atoms with Crippen LogP contribution in [0.25, 0.3) is 0 Å². The van der Waals surface area contributed by atoms with Gasteiger partial charge in [-0.1, -0.05) is 24.6 Å². The van der Waals surface area contributed by atoms with Gasteiger partial charge in [0.15, 0.2) is 0 Å². The lowest BCUT2D eigenvalue weighted by molar-refractivity contribution is -0.143. The van der Waals surface area contributed by atoms with E-state index in [1.54, 1.807) is 0 Å². The first-order valence-corrected chi connectivity index (χ1v) is 6.96. The Hall–Kier alpha value is -2.04. The molecule has 1 aromatic carbocycles. The number of carboxylic acids is 1. The summed E-state index contributed by atoms with van der Waals surface area (Å²) in [4.78, 5) is 22.8. The van der Waals surface area contributed by atoms with E-state index in [-0.39, 0.29) is 24.4 Å². The molecule has 2 atom stereocenters. The SMILES string of the molecule is O=C(CNc1ccccc1)NC1CCCC(C(=O)O)C1. The molecule has 3 N–H and O–H groups in total. The summed E-state index contributed by atoms with van der Waals surface area (Å²) >= 11 is 0. The summed E-state index contributed by atoms with van der Waals surface area (Å²) in [5.41, 5.74) is 0.898. The molecule has 5 nitrogen and oxygen atoms in total. The Morgan fingerprint density at radius 2 is 1.95 bits per heavy atom. The van der Waals surface area contributed by atoms with Crippen LogP contribution in [0.15, 0.2) is 30.3 Å². The van der Waals surface area contributed by atoms with Crippen LogP contribution in [0, 0.1) is 5.92 Å². The van der Waals surface area contributed by atoms with E-state index in [4.69, 9.17) is 5.11 Å². The Kier molecular flexibility index (Phi) is 4.98. The van der Waals surface area contributed by atoms with Gasteiger partial charge in [0.05, 0.1) is 12.5 Å². The van der Waals surface area contributed by atoms with Gasteiger partial charge < -0.3 is 15.7 Å². The largest absolute Gasteiger partial charge is 0.481 e. The number of carboxylic acid groups (broad SMARTS) is 1. The molecule has 0 bridgehead atoms. The smallest absolute Gasteiger partial charge is 0.306 e. The molecule has 1 fully saturated rings. The van der Waals surface area contributed by atoms with Gasteiger partial charge in [-0.15, -0.1) is 0 Å². The average molecular weight is 276 g/mol. The predicted octanol–water partition coefficient (Wildman–Crippen LogP) is 1.86. The minimum atomic E-state index is -0.758. The van der Waals surface area contributed by atoms with E-state index in [0.717, 1.165) is 18.5 Å². The summed E-state index contributed by atoms with van der Waals surface area (Å²) in [6, 6.07) is 9.49. The molecule has 2 rings (SSSR count). The molecule has 1 aliphatic rings. The number of rotatable bonds is 5. The number of anilines is 1. The molecular weight excluding hydrogens is 256 g/mol. The van der Waals surface area contributed by atoms with E-state index in [2.05, 4.69) is 10.6 Å². The van der Waals surface area contributed by atoms with Gasteiger partial charge in [0.2, 0.25) is 5.91 Å². The number of nitrogens with one attached hydrogen (secondary N) is 2. The summed E-state index contributed by atoms with van der Waals surface area (Å²) in [5, 5.41) is 15.0. The quantitative estimate of drug-likeness (QED) is 0.767. The first kappa shape index (κ1) is 14.4. The maximum Gasteiger partial charge on any atom is 0.306 e. The van der Waals surface area contributed by atoms with Crippen molar-refractivity contribution >= 4 is 17.6 Å². The van der Waals surface area contributed by atoms with Gasteiger partial charge in [0, 0.05) is 11.7 Å². The lowest BCUT2D eigenvalue weighted by Crippen LogP contribution is -2.42. The maximum atomic E-state index is 11.8. The number of amides is 1. The van der Waals surface area contributed by atoms with Crippen molar-refractivity contribution in [2.45, 2.75) is 31.7 Å². The number of aliphatic carboxylic acids is 1. The fourth-order valence-corrected chi connectivity index (χ4v) is 2.56. The second-order valence-corrected chi connectivity index (χ2v) is 5.19. The summed E-state index contributed by atoms with van der Waals surface area (Å²) in [5.74, 6) is -1.17. The van der Waals surface area contributed by atoms with E-state index in [0.29, 0.717) is 12.8 Å². The number of carbonyl (C=O) groups is 2. The van der Waals surface area contributed by atoms with E-state index in [1.165, 1.54) is 0 Å². The van der Waals surface area contributed by atoms with Crippen LogP contribution in [0.1, 0.15) is 25.7 Å². The Labute approximate surface area is 118 Å². The second-order valence-electron chi connectivity index (χ2n) is 5.19. The van der Waals surface area contributed by atoms with E-state index < -0.39 is 5.97 Å². The predicted molar refractivity (Wildman–Crippen MR) is 76.5 cm³/mol. The molecule has 0 spiro atoms. The fourth-order valence-electron chi connectivity index (χ4n) is 2.56. The highest BCUT2D eigenvalue weighted by Gasteiger charge is 2.27. The average Bonchev–Trinajstić information content (AvgIpc) is 2.46. The van der Waals surface area contributed by atoms with Gasteiger partial charge in [-0.3, -0.25) is 9.59 Å². The first-order chi connectivity index (χ1) is 9.65. The summed E-state index contributed by atoms with van der Waals surface area (Å²) in [6.45, 7) is 0.207. The van der Waals surface area contributed by atoms with Crippen molar-refractivity contribution in [1.29, 1.82) is 0 Å². The standard InChI is InChI=1S/C15H20N2O3/c18-14(10-16-12-6-2-1-3-7-12)17-13-8-4-5-11(9-13)15(19)20/h1-3,6-7,11,13,16H,4-5,8-10H2,(H,17,18)(H,19,20). The normalized spacial score (nSPS) is 22.0. The zero-order valence-electron chi connectivity index (χ0n) is 11.3. The number of hydrogen-bond acceptors (Lipinski definition) is 3. The molecular formula is C15H20N2O3. The molecule has 108 valence electrons. The third-order valence-electron chi connectivity index (χ3n) is 3.62. The molecule has 1 saturated carbocycles. The molecule has 5 heteroatoms. The van der Waals surface area contributed by atoms with Gasteiger partial charge in [-0.05, 0) is 31.4 Å². The van der Waals surface area contributed by atoms with Crippen molar-refractivity contribution < 1.29 is 14.7 Å². The third-order valence-corrected chi connectivity index (χ3v) is 3.62. The third kappa shape index (κ3) is 4.26. The Bertz CT molecular complexity index is 461. The van der Waals surface area contributed by atoms with Gasteiger partial charge in [0.25, 0.3) is 0 Å². The monoisotopic (exact) mass is 276 g/mol. The molecule has 2 unspecified atom stereocenters. The van der Waals surface area contributed by atoms with Crippen molar-refractivity contribution in [1.82, 2.24) is 5.32 Å². The number of benzene rings is 1. The van der Waals surface area contributed by atoms with Gasteiger partial charge in [-0.2, -0.15) is 0 Å². The zero-order valence-corrected chi connectivity index (χ0v) is 11.3.